The number of aryl methyl sites for hydroxylation is 1. The number of methoxy groups -OCH3 is 1. The van der Waals surface area contributed by atoms with Crippen molar-refractivity contribution in [1.82, 2.24) is 25.1 Å². The molecule has 2 aromatic carbocycles. The lowest BCUT2D eigenvalue weighted by atomic mass is 9.89. The smallest absolute Gasteiger partial charge is 0.407 e. The standard InChI is InChI=1S/C31H38ClN5O4/c1-21-12-13-24(18-25(21)32)41-17-14-23-19-33-15-16-36(23)30(38)28-29(22-8-4-3-5-9-22)37(20-34-28)27-11-7-6-10-26(27)35-31(39)40-2/h3-5,8-9,12-13,18,20,23,26-27,33H,6-7,10-11,14-17,19H2,1-2H3,(H,35,39)/t23-,26+,27?/m1/s1. The first-order valence-electron chi connectivity index (χ1n) is 14.3. The maximum Gasteiger partial charge on any atom is 0.407 e. The molecule has 10 heteroatoms. The quantitative estimate of drug-likeness (QED) is 0.379. The molecule has 2 amide bonds. The minimum Gasteiger partial charge on any atom is -0.493 e. The monoisotopic (exact) mass is 579 g/mol. The Morgan fingerprint density at radius 2 is 1.95 bits per heavy atom. The molecule has 9 nitrogen and oxygen atoms in total. The highest BCUT2D eigenvalue weighted by molar-refractivity contribution is 6.31. The van der Waals surface area contributed by atoms with Crippen LogP contribution >= 0.6 is 11.6 Å². The first-order valence-corrected chi connectivity index (χ1v) is 14.7. The molecule has 41 heavy (non-hydrogen) atoms. The topological polar surface area (TPSA) is 97.7 Å². The minimum atomic E-state index is -0.446. The van der Waals surface area contributed by atoms with E-state index in [-0.39, 0.29) is 24.0 Å². The fourth-order valence-corrected chi connectivity index (χ4v) is 6.04. The summed E-state index contributed by atoms with van der Waals surface area (Å²) in [7, 11) is 1.38. The van der Waals surface area contributed by atoms with Gasteiger partial charge in [0.05, 0.1) is 37.8 Å². The molecule has 0 radical (unpaired) electrons. The van der Waals surface area contributed by atoms with Crippen LogP contribution < -0.4 is 15.4 Å². The van der Waals surface area contributed by atoms with E-state index in [1.54, 1.807) is 6.33 Å². The second-order valence-corrected chi connectivity index (χ2v) is 11.1. The Morgan fingerprint density at radius 3 is 2.73 bits per heavy atom. The van der Waals surface area contributed by atoms with Crippen LogP contribution in [0, 0.1) is 6.92 Å². The van der Waals surface area contributed by atoms with Gasteiger partial charge in [-0.25, -0.2) is 9.78 Å². The third-order valence-corrected chi connectivity index (χ3v) is 8.50. The summed E-state index contributed by atoms with van der Waals surface area (Å²) < 4.78 is 13.0. The van der Waals surface area contributed by atoms with Gasteiger partial charge in [-0.05, 0) is 37.5 Å². The molecule has 2 N–H and O–H groups in total. The van der Waals surface area contributed by atoms with Crippen molar-refractivity contribution in [2.45, 2.75) is 57.2 Å². The Kier molecular flexibility index (Phi) is 9.46. The van der Waals surface area contributed by atoms with E-state index in [1.807, 2.05) is 60.4 Å². The number of piperazine rings is 1. The average molecular weight is 580 g/mol. The van der Waals surface area contributed by atoms with Crippen LogP contribution in [0.3, 0.4) is 0 Å². The first-order chi connectivity index (χ1) is 20.0. The zero-order chi connectivity index (χ0) is 28.8. The number of hydrogen-bond acceptors (Lipinski definition) is 6. The molecule has 1 saturated carbocycles. The van der Waals surface area contributed by atoms with Crippen LogP contribution in [-0.4, -0.2) is 71.9 Å². The fraction of sp³-hybridized carbons (Fsp3) is 0.452. The highest BCUT2D eigenvalue weighted by atomic mass is 35.5. The predicted molar refractivity (Wildman–Crippen MR) is 158 cm³/mol. The third kappa shape index (κ3) is 6.68. The van der Waals surface area contributed by atoms with Crippen LogP contribution in [0.15, 0.2) is 54.9 Å². The Balaban J connectivity index is 1.40. The molecule has 218 valence electrons. The van der Waals surface area contributed by atoms with Crippen LogP contribution in [0.2, 0.25) is 5.02 Å². The van der Waals surface area contributed by atoms with E-state index in [0.29, 0.717) is 43.4 Å². The van der Waals surface area contributed by atoms with Gasteiger partial charge >= 0.3 is 6.09 Å². The molecule has 5 rings (SSSR count). The molecule has 1 saturated heterocycles. The molecule has 3 atom stereocenters. The van der Waals surface area contributed by atoms with Gasteiger partial charge in [0, 0.05) is 42.7 Å². The zero-order valence-electron chi connectivity index (χ0n) is 23.6. The number of aromatic nitrogens is 2. The van der Waals surface area contributed by atoms with E-state index in [0.717, 1.165) is 48.3 Å². The van der Waals surface area contributed by atoms with E-state index in [1.165, 1.54) is 7.11 Å². The van der Waals surface area contributed by atoms with E-state index >= 15 is 0 Å². The highest BCUT2D eigenvalue weighted by Crippen LogP contribution is 2.35. The largest absolute Gasteiger partial charge is 0.493 e. The number of nitrogens with one attached hydrogen (secondary N) is 2. The SMILES string of the molecule is COC(=O)N[C@H]1CCCCC1n1cnc(C(=O)N2CCNC[C@H]2CCOc2ccc(C)c(Cl)c2)c1-c1ccccc1. The van der Waals surface area contributed by atoms with E-state index < -0.39 is 6.09 Å². The number of halogens is 1. The van der Waals surface area contributed by atoms with Crippen molar-refractivity contribution in [3.63, 3.8) is 0 Å². The van der Waals surface area contributed by atoms with Gasteiger partial charge in [0.2, 0.25) is 0 Å². The van der Waals surface area contributed by atoms with Crippen LogP contribution in [0.5, 0.6) is 5.75 Å². The number of hydrogen-bond donors (Lipinski definition) is 2. The second kappa shape index (κ2) is 13.4. The van der Waals surface area contributed by atoms with Crippen molar-refractivity contribution in [3.05, 3.63) is 71.1 Å². The molecule has 1 aliphatic heterocycles. The number of alkyl carbamates (subject to hydrolysis) is 1. The van der Waals surface area contributed by atoms with Crippen molar-refractivity contribution in [3.8, 4) is 17.0 Å². The zero-order valence-corrected chi connectivity index (χ0v) is 24.4. The van der Waals surface area contributed by atoms with E-state index in [2.05, 4.69) is 15.2 Å². The van der Waals surface area contributed by atoms with Gasteiger partial charge in [-0.3, -0.25) is 4.79 Å². The molecule has 3 aromatic rings. The van der Waals surface area contributed by atoms with Gasteiger partial charge in [-0.2, -0.15) is 0 Å². The number of amides is 2. The predicted octanol–water partition coefficient (Wildman–Crippen LogP) is 5.23. The molecule has 2 fully saturated rings. The number of ether oxygens (including phenoxy) is 2. The van der Waals surface area contributed by atoms with Gasteiger partial charge in [0.15, 0.2) is 5.69 Å². The number of carbonyl (C=O) groups is 2. The molecule has 0 bridgehead atoms. The van der Waals surface area contributed by atoms with Gasteiger partial charge in [0.25, 0.3) is 5.91 Å². The molecule has 2 aliphatic rings. The van der Waals surface area contributed by atoms with Gasteiger partial charge in [-0.1, -0.05) is 60.8 Å². The summed E-state index contributed by atoms with van der Waals surface area (Å²) in [5, 5.41) is 7.10. The number of imidazole rings is 1. The van der Waals surface area contributed by atoms with E-state index in [4.69, 9.17) is 26.1 Å². The molecular formula is C31H38ClN5O4. The number of rotatable bonds is 8. The molecule has 0 spiro atoms. The summed E-state index contributed by atoms with van der Waals surface area (Å²) in [5.74, 6) is 0.621. The lowest BCUT2D eigenvalue weighted by Crippen LogP contribution is -2.54. The van der Waals surface area contributed by atoms with Gasteiger partial charge in [0.1, 0.15) is 5.75 Å². The van der Waals surface area contributed by atoms with Crippen molar-refractivity contribution >= 4 is 23.6 Å². The summed E-state index contributed by atoms with van der Waals surface area (Å²) >= 11 is 6.26. The summed E-state index contributed by atoms with van der Waals surface area (Å²) in [6, 6.07) is 15.4. The maximum absolute atomic E-state index is 14.2. The van der Waals surface area contributed by atoms with Crippen molar-refractivity contribution in [1.29, 1.82) is 0 Å². The third-order valence-electron chi connectivity index (χ3n) is 8.09. The maximum atomic E-state index is 14.2. The molecular weight excluding hydrogens is 542 g/mol. The Labute approximate surface area is 246 Å². The lowest BCUT2D eigenvalue weighted by Gasteiger charge is -2.36. The molecule has 2 heterocycles. The normalized spacial score (nSPS) is 20.9. The Morgan fingerprint density at radius 1 is 1.15 bits per heavy atom. The van der Waals surface area contributed by atoms with Gasteiger partial charge < -0.3 is 29.6 Å². The van der Waals surface area contributed by atoms with Crippen LogP contribution in [0.25, 0.3) is 11.3 Å². The number of nitrogens with zero attached hydrogens (tertiary/aromatic N) is 3. The summed E-state index contributed by atoms with van der Waals surface area (Å²) in [4.78, 5) is 33.0. The van der Waals surface area contributed by atoms with Gasteiger partial charge in [-0.15, -0.1) is 0 Å². The number of carbonyl (C=O) groups excluding carboxylic acids is 2. The van der Waals surface area contributed by atoms with Crippen LogP contribution in [0.1, 0.15) is 54.2 Å². The minimum absolute atomic E-state index is 0.0411. The number of benzene rings is 2. The summed E-state index contributed by atoms with van der Waals surface area (Å²) in [6.45, 7) is 4.39. The molecule has 1 aliphatic carbocycles. The first kappa shape index (κ1) is 29.0. The van der Waals surface area contributed by atoms with Crippen LogP contribution in [-0.2, 0) is 4.74 Å². The van der Waals surface area contributed by atoms with Crippen molar-refractivity contribution in [2.75, 3.05) is 33.4 Å². The molecule has 1 aromatic heterocycles. The molecule has 1 unspecified atom stereocenters. The summed E-state index contributed by atoms with van der Waals surface area (Å²) in [5.41, 5.74) is 3.13. The van der Waals surface area contributed by atoms with Crippen molar-refractivity contribution < 1.29 is 19.1 Å². The lowest BCUT2D eigenvalue weighted by molar-refractivity contribution is 0.0601. The van der Waals surface area contributed by atoms with E-state index in [9.17, 15) is 9.59 Å². The fourth-order valence-electron chi connectivity index (χ4n) is 5.87. The highest BCUT2D eigenvalue weighted by Gasteiger charge is 2.35. The summed E-state index contributed by atoms with van der Waals surface area (Å²) in [6.07, 6.45) is 5.74. The Hall–Kier alpha value is -3.56. The van der Waals surface area contributed by atoms with Crippen molar-refractivity contribution in [2.24, 2.45) is 0 Å². The Bertz CT molecular complexity index is 1350. The second-order valence-electron chi connectivity index (χ2n) is 10.7. The average Bonchev–Trinajstić information content (AvgIpc) is 3.44. The van der Waals surface area contributed by atoms with Crippen LogP contribution in [0.4, 0.5) is 4.79 Å².